The number of pyridine rings is 2. The third kappa shape index (κ3) is 4.57. The van der Waals surface area contributed by atoms with E-state index in [0.29, 0.717) is 50.4 Å². The molecule has 0 unspecified atom stereocenters. The molecular formula is C42H38N6O. The van der Waals surface area contributed by atoms with Gasteiger partial charge in [-0.3, -0.25) is 4.57 Å². The zero-order valence-electron chi connectivity index (χ0n) is 30.0. The molecule has 3 aromatic carbocycles. The number of aromatic nitrogens is 4. The van der Waals surface area contributed by atoms with Crippen molar-refractivity contribution in [1.29, 1.82) is 10.5 Å². The molecule has 7 aromatic rings. The molecule has 0 aliphatic heterocycles. The minimum atomic E-state index is 0.302. The molecule has 0 aliphatic rings. The molecule has 7 heteroatoms. The van der Waals surface area contributed by atoms with Gasteiger partial charge in [0.05, 0.1) is 33.7 Å². The van der Waals surface area contributed by atoms with Crippen molar-refractivity contribution in [3.63, 3.8) is 0 Å². The van der Waals surface area contributed by atoms with Gasteiger partial charge < -0.3 is 4.42 Å². The van der Waals surface area contributed by atoms with Crippen LogP contribution in [0.4, 0.5) is 0 Å². The van der Waals surface area contributed by atoms with E-state index in [-0.39, 0.29) is 0 Å². The number of aryl methyl sites for hydroxylation is 9. The molecule has 0 N–H and O–H groups in total. The predicted octanol–water partition coefficient (Wildman–Crippen LogP) is 10.2. The number of benzene rings is 3. The summed E-state index contributed by atoms with van der Waals surface area (Å²) < 4.78 is 8.60. The molecule has 0 fully saturated rings. The molecule has 242 valence electrons. The van der Waals surface area contributed by atoms with E-state index in [1.54, 1.807) is 6.07 Å². The van der Waals surface area contributed by atoms with Crippen LogP contribution in [0.15, 0.2) is 34.7 Å². The molecule has 49 heavy (non-hydrogen) atoms. The van der Waals surface area contributed by atoms with Gasteiger partial charge in [-0.25, -0.2) is 15.0 Å². The summed E-state index contributed by atoms with van der Waals surface area (Å²) in [6.07, 6.45) is 0. The first-order chi connectivity index (χ1) is 23.3. The molecule has 7 nitrogen and oxygen atoms in total. The van der Waals surface area contributed by atoms with Gasteiger partial charge in [-0.05, 0) is 127 Å². The second-order valence-electron chi connectivity index (χ2n) is 13.7. The SMILES string of the molecule is Cc1cc(C)c(-c2cc(C#N)c3oc4c(C#N)c(-n5c(C)nc6c(C)c(C)c(C)c(C)c65)c(-c5c(C)cc(C)cc5C)nc4c3n2)c(C)c1. The molecule has 7 rings (SSSR count). The van der Waals surface area contributed by atoms with Gasteiger partial charge in [0.25, 0.3) is 0 Å². The van der Waals surface area contributed by atoms with Crippen LogP contribution in [0.2, 0.25) is 0 Å². The number of nitriles is 2. The molecule has 0 saturated heterocycles. The average molecular weight is 643 g/mol. The van der Waals surface area contributed by atoms with Crippen LogP contribution in [0, 0.1) is 98.8 Å². The fourth-order valence-electron chi connectivity index (χ4n) is 7.89. The molecule has 0 saturated carbocycles. The number of imidazole rings is 1. The summed E-state index contributed by atoms with van der Waals surface area (Å²) in [5.41, 5.74) is 19.0. The summed E-state index contributed by atoms with van der Waals surface area (Å²) in [7, 11) is 0. The molecule has 4 aromatic heterocycles. The maximum atomic E-state index is 11.1. The smallest absolute Gasteiger partial charge is 0.175 e. The summed E-state index contributed by atoms with van der Waals surface area (Å²) in [6.45, 7) is 22.9. The fourth-order valence-corrected chi connectivity index (χ4v) is 7.89. The maximum absolute atomic E-state index is 11.1. The number of rotatable bonds is 3. The summed E-state index contributed by atoms with van der Waals surface area (Å²) in [5.74, 6) is 0.743. The minimum Gasteiger partial charge on any atom is -0.450 e. The number of hydrogen-bond acceptors (Lipinski definition) is 6. The third-order valence-corrected chi connectivity index (χ3v) is 10.3. The lowest BCUT2D eigenvalue weighted by molar-refractivity contribution is 0.664. The van der Waals surface area contributed by atoms with Crippen molar-refractivity contribution in [3.05, 3.63) is 103 Å². The van der Waals surface area contributed by atoms with Crippen LogP contribution >= 0.6 is 0 Å². The maximum Gasteiger partial charge on any atom is 0.175 e. The van der Waals surface area contributed by atoms with Crippen LogP contribution in [-0.4, -0.2) is 19.5 Å². The summed E-state index contributed by atoms with van der Waals surface area (Å²) in [5, 5.41) is 21.5. The Hall–Kier alpha value is -5.79. The summed E-state index contributed by atoms with van der Waals surface area (Å²) in [6, 6.07) is 15.2. The summed E-state index contributed by atoms with van der Waals surface area (Å²) in [4.78, 5) is 15.6. The largest absolute Gasteiger partial charge is 0.450 e. The standard InChI is InChI=1S/C42H38N6O/c1-19-12-21(3)33(22(4)13-19)32-16-30(17-43)41-37(46-32)38-42(49-41)31(18-44)40(36(47-38)34-23(5)14-20(2)15-24(34)6)48-29(11)45-35-27(9)25(7)26(8)28(10)39(35)48/h12-16H,1-11H3. The molecule has 0 aliphatic carbocycles. The zero-order chi connectivity index (χ0) is 35.2. The van der Waals surface area contributed by atoms with Crippen LogP contribution < -0.4 is 0 Å². The van der Waals surface area contributed by atoms with Crippen molar-refractivity contribution < 1.29 is 4.42 Å². The Kier molecular flexibility index (Phi) is 7.23. The van der Waals surface area contributed by atoms with Gasteiger partial charge in [0.15, 0.2) is 11.2 Å². The van der Waals surface area contributed by atoms with Crippen LogP contribution in [-0.2, 0) is 0 Å². The van der Waals surface area contributed by atoms with Crippen molar-refractivity contribution in [2.75, 3.05) is 0 Å². The first kappa shape index (κ1) is 31.8. The van der Waals surface area contributed by atoms with E-state index in [0.717, 1.165) is 72.5 Å². The van der Waals surface area contributed by atoms with Crippen molar-refractivity contribution in [3.8, 4) is 40.3 Å². The third-order valence-electron chi connectivity index (χ3n) is 10.3. The molecular weight excluding hydrogens is 605 g/mol. The van der Waals surface area contributed by atoms with Gasteiger partial charge in [-0.2, -0.15) is 10.5 Å². The average Bonchev–Trinajstić information content (AvgIpc) is 3.58. The van der Waals surface area contributed by atoms with Crippen LogP contribution in [0.3, 0.4) is 0 Å². The van der Waals surface area contributed by atoms with E-state index in [1.807, 2.05) is 6.92 Å². The lowest BCUT2D eigenvalue weighted by Crippen LogP contribution is -2.08. The van der Waals surface area contributed by atoms with Crippen LogP contribution in [0.25, 0.3) is 61.4 Å². The summed E-state index contributed by atoms with van der Waals surface area (Å²) >= 11 is 0. The zero-order valence-corrected chi connectivity index (χ0v) is 30.0. The van der Waals surface area contributed by atoms with Gasteiger partial charge in [-0.15, -0.1) is 0 Å². The second kappa shape index (κ2) is 11.1. The highest BCUT2D eigenvalue weighted by Crippen LogP contribution is 2.43. The Labute approximate surface area is 286 Å². The Balaban J connectivity index is 1.71. The Morgan fingerprint density at radius 2 is 1.12 bits per heavy atom. The van der Waals surface area contributed by atoms with Crippen molar-refractivity contribution in [2.24, 2.45) is 0 Å². The second-order valence-corrected chi connectivity index (χ2v) is 13.7. The lowest BCUT2D eigenvalue weighted by atomic mass is 9.94. The molecule has 0 radical (unpaired) electrons. The number of furan rings is 1. The monoisotopic (exact) mass is 642 g/mol. The van der Waals surface area contributed by atoms with Gasteiger partial charge in [0.2, 0.25) is 0 Å². The van der Waals surface area contributed by atoms with Gasteiger partial charge in [0.1, 0.15) is 34.6 Å². The van der Waals surface area contributed by atoms with Gasteiger partial charge >= 0.3 is 0 Å². The van der Waals surface area contributed by atoms with E-state index < -0.39 is 0 Å². The van der Waals surface area contributed by atoms with Crippen LogP contribution in [0.1, 0.15) is 72.6 Å². The Morgan fingerprint density at radius 1 is 0.571 bits per heavy atom. The van der Waals surface area contributed by atoms with Crippen LogP contribution in [0.5, 0.6) is 0 Å². The van der Waals surface area contributed by atoms with Crippen molar-refractivity contribution in [2.45, 2.75) is 76.2 Å². The fraction of sp³-hybridized carbons (Fsp3) is 0.262. The van der Waals surface area contributed by atoms with Crippen molar-refractivity contribution >= 4 is 33.2 Å². The normalized spacial score (nSPS) is 11.5. The van der Waals surface area contributed by atoms with Crippen molar-refractivity contribution in [1.82, 2.24) is 19.5 Å². The molecule has 0 atom stereocenters. The number of hydrogen-bond donors (Lipinski definition) is 0. The van der Waals surface area contributed by atoms with E-state index in [2.05, 4.69) is 110 Å². The highest BCUT2D eigenvalue weighted by Gasteiger charge is 2.30. The highest BCUT2D eigenvalue weighted by atomic mass is 16.3. The number of nitrogens with zero attached hydrogens (tertiary/aromatic N) is 6. The highest BCUT2D eigenvalue weighted by molar-refractivity contribution is 6.07. The molecule has 0 amide bonds. The molecule has 0 bridgehead atoms. The first-order valence-electron chi connectivity index (χ1n) is 16.5. The number of fused-ring (bicyclic) bond motifs is 4. The lowest BCUT2D eigenvalue weighted by Gasteiger charge is -2.19. The van der Waals surface area contributed by atoms with E-state index in [1.165, 1.54) is 11.1 Å². The first-order valence-corrected chi connectivity index (χ1v) is 16.5. The van der Waals surface area contributed by atoms with E-state index in [9.17, 15) is 10.5 Å². The van der Waals surface area contributed by atoms with E-state index >= 15 is 0 Å². The van der Waals surface area contributed by atoms with Gasteiger partial charge in [0, 0.05) is 11.1 Å². The van der Waals surface area contributed by atoms with E-state index in [4.69, 9.17) is 19.4 Å². The Bertz CT molecular complexity index is 2640. The Morgan fingerprint density at radius 3 is 1.69 bits per heavy atom. The topological polar surface area (TPSA) is 104 Å². The molecule has 4 heterocycles. The predicted molar refractivity (Wildman–Crippen MR) is 196 cm³/mol. The molecule has 0 spiro atoms. The van der Waals surface area contributed by atoms with Gasteiger partial charge in [-0.1, -0.05) is 35.4 Å². The quantitative estimate of drug-likeness (QED) is 0.190. The minimum absolute atomic E-state index is 0.302.